The lowest BCUT2D eigenvalue weighted by Gasteiger charge is -2.19. The van der Waals surface area contributed by atoms with E-state index in [1.54, 1.807) is 0 Å². The van der Waals surface area contributed by atoms with E-state index in [4.69, 9.17) is 0 Å². The van der Waals surface area contributed by atoms with Crippen LogP contribution < -0.4 is 10.2 Å². The van der Waals surface area contributed by atoms with Gasteiger partial charge in [-0.1, -0.05) is 36.4 Å². The van der Waals surface area contributed by atoms with Crippen molar-refractivity contribution in [3.8, 4) is 0 Å². The Labute approximate surface area is 119 Å². The molecule has 1 amide bonds. The number of hydrogen-bond donors (Lipinski definition) is 1. The van der Waals surface area contributed by atoms with Crippen LogP contribution in [0.15, 0.2) is 54.6 Å². The summed E-state index contributed by atoms with van der Waals surface area (Å²) in [5, 5.41) is 2.98. The second-order valence-corrected chi connectivity index (χ2v) is 4.99. The number of anilines is 1. The van der Waals surface area contributed by atoms with Crippen molar-refractivity contribution in [3.05, 3.63) is 65.7 Å². The minimum atomic E-state index is -0.00178. The van der Waals surface area contributed by atoms with E-state index in [-0.39, 0.29) is 5.91 Å². The van der Waals surface area contributed by atoms with Crippen LogP contribution in [-0.2, 0) is 6.42 Å². The zero-order valence-electron chi connectivity index (χ0n) is 11.4. The third-order valence-electron chi connectivity index (χ3n) is 3.69. The van der Waals surface area contributed by atoms with Crippen molar-refractivity contribution < 1.29 is 4.79 Å². The van der Waals surface area contributed by atoms with Gasteiger partial charge in [0.2, 0.25) is 0 Å². The number of nitrogens with one attached hydrogen (secondary N) is 1. The van der Waals surface area contributed by atoms with Gasteiger partial charge in [0.25, 0.3) is 5.91 Å². The molecule has 3 rings (SSSR count). The molecular weight excluding hydrogens is 248 g/mol. The highest BCUT2D eigenvalue weighted by Gasteiger charge is 2.17. The Balaban J connectivity index is 1.53. The SMILES string of the molecule is O=C(NCCN1CCc2ccccc21)c1ccccc1. The summed E-state index contributed by atoms with van der Waals surface area (Å²) in [5.74, 6) is -0.00178. The van der Waals surface area contributed by atoms with Gasteiger partial charge in [-0.3, -0.25) is 4.79 Å². The van der Waals surface area contributed by atoms with E-state index in [0.29, 0.717) is 12.1 Å². The number of rotatable bonds is 4. The molecular formula is C17H18N2O. The van der Waals surface area contributed by atoms with Crippen LogP contribution in [0.4, 0.5) is 5.69 Å². The first-order valence-corrected chi connectivity index (χ1v) is 7.01. The molecule has 0 fully saturated rings. The first-order chi connectivity index (χ1) is 9.84. The van der Waals surface area contributed by atoms with Gasteiger partial charge in [-0.05, 0) is 30.2 Å². The zero-order chi connectivity index (χ0) is 13.8. The van der Waals surface area contributed by atoms with Gasteiger partial charge in [-0.15, -0.1) is 0 Å². The molecule has 0 saturated carbocycles. The number of hydrogen-bond acceptors (Lipinski definition) is 2. The van der Waals surface area contributed by atoms with Gasteiger partial charge in [0.05, 0.1) is 0 Å². The summed E-state index contributed by atoms with van der Waals surface area (Å²) in [6.07, 6.45) is 1.10. The van der Waals surface area contributed by atoms with Crippen molar-refractivity contribution in [3.63, 3.8) is 0 Å². The lowest BCUT2D eigenvalue weighted by Crippen LogP contribution is -2.34. The zero-order valence-corrected chi connectivity index (χ0v) is 11.4. The van der Waals surface area contributed by atoms with Gasteiger partial charge in [0.1, 0.15) is 0 Å². The Morgan fingerprint density at radius 3 is 2.65 bits per heavy atom. The van der Waals surface area contributed by atoms with Crippen LogP contribution in [0.1, 0.15) is 15.9 Å². The first-order valence-electron chi connectivity index (χ1n) is 7.01. The van der Waals surface area contributed by atoms with Crippen molar-refractivity contribution in [2.75, 3.05) is 24.5 Å². The molecule has 20 heavy (non-hydrogen) atoms. The molecule has 3 heteroatoms. The monoisotopic (exact) mass is 266 g/mol. The molecule has 0 aliphatic carbocycles. The van der Waals surface area contributed by atoms with Crippen LogP contribution in [0.5, 0.6) is 0 Å². The predicted octanol–water partition coefficient (Wildman–Crippen LogP) is 2.48. The third-order valence-corrected chi connectivity index (χ3v) is 3.69. The molecule has 0 aromatic heterocycles. The maximum atomic E-state index is 11.9. The van der Waals surface area contributed by atoms with Gasteiger partial charge < -0.3 is 10.2 Å². The van der Waals surface area contributed by atoms with E-state index in [1.165, 1.54) is 11.3 Å². The Kier molecular flexibility index (Phi) is 3.68. The van der Waals surface area contributed by atoms with E-state index in [2.05, 4.69) is 34.5 Å². The second-order valence-electron chi connectivity index (χ2n) is 4.99. The number of nitrogens with zero attached hydrogens (tertiary/aromatic N) is 1. The van der Waals surface area contributed by atoms with Crippen LogP contribution >= 0.6 is 0 Å². The van der Waals surface area contributed by atoms with E-state index in [0.717, 1.165) is 19.5 Å². The molecule has 1 aliphatic heterocycles. The molecule has 0 bridgehead atoms. The van der Waals surface area contributed by atoms with Gasteiger partial charge >= 0.3 is 0 Å². The number of fused-ring (bicyclic) bond motifs is 1. The first kappa shape index (κ1) is 12.7. The van der Waals surface area contributed by atoms with Gasteiger partial charge in [0, 0.05) is 30.9 Å². The maximum absolute atomic E-state index is 11.9. The molecule has 0 radical (unpaired) electrons. The fourth-order valence-corrected chi connectivity index (χ4v) is 2.63. The lowest BCUT2D eigenvalue weighted by atomic mass is 10.2. The third kappa shape index (κ3) is 2.67. The molecule has 1 aliphatic rings. The van der Waals surface area contributed by atoms with Crippen LogP contribution in [0.2, 0.25) is 0 Å². The summed E-state index contributed by atoms with van der Waals surface area (Å²) in [5.41, 5.74) is 3.43. The molecule has 0 atom stereocenters. The molecule has 102 valence electrons. The van der Waals surface area contributed by atoms with Crippen molar-refractivity contribution in [1.82, 2.24) is 5.32 Å². The standard InChI is InChI=1S/C17H18N2O/c20-17(15-7-2-1-3-8-15)18-11-13-19-12-10-14-6-4-5-9-16(14)19/h1-9H,10-13H2,(H,18,20). The van der Waals surface area contributed by atoms with Crippen molar-refractivity contribution in [2.24, 2.45) is 0 Å². The summed E-state index contributed by atoms with van der Waals surface area (Å²) >= 11 is 0. The molecule has 2 aromatic rings. The number of carbonyl (C=O) groups excluding carboxylic acids is 1. The Hall–Kier alpha value is -2.29. The minimum absolute atomic E-state index is 0.00178. The molecule has 1 heterocycles. The normalized spacial score (nSPS) is 13.1. The molecule has 0 spiro atoms. The Morgan fingerprint density at radius 2 is 1.80 bits per heavy atom. The van der Waals surface area contributed by atoms with E-state index in [1.807, 2.05) is 30.3 Å². The largest absolute Gasteiger partial charge is 0.369 e. The topological polar surface area (TPSA) is 32.3 Å². The Morgan fingerprint density at radius 1 is 1.05 bits per heavy atom. The average Bonchev–Trinajstić information content (AvgIpc) is 2.92. The highest BCUT2D eigenvalue weighted by atomic mass is 16.1. The predicted molar refractivity (Wildman–Crippen MR) is 81.1 cm³/mol. The smallest absolute Gasteiger partial charge is 0.251 e. The maximum Gasteiger partial charge on any atom is 0.251 e. The van der Waals surface area contributed by atoms with E-state index in [9.17, 15) is 4.79 Å². The lowest BCUT2D eigenvalue weighted by molar-refractivity contribution is 0.0954. The highest BCUT2D eigenvalue weighted by molar-refractivity contribution is 5.94. The number of amides is 1. The quantitative estimate of drug-likeness (QED) is 0.922. The minimum Gasteiger partial charge on any atom is -0.369 e. The van der Waals surface area contributed by atoms with Crippen molar-refractivity contribution in [2.45, 2.75) is 6.42 Å². The van der Waals surface area contributed by atoms with Crippen LogP contribution in [0.3, 0.4) is 0 Å². The number of carbonyl (C=O) groups is 1. The second kappa shape index (κ2) is 5.78. The summed E-state index contributed by atoms with van der Waals surface area (Å²) in [6.45, 7) is 2.57. The van der Waals surface area contributed by atoms with Gasteiger partial charge in [-0.25, -0.2) is 0 Å². The van der Waals surface area contributed by atoms with Crippen LogP contribution in [0.25, 0.3) is 0 Å². The number of benzene rings is 2. The molecule has 1 N–H and O–H groups in total. The van der Waals surface area contributed by atoms with Crippen molar-refractivity contribution in [1.29, 1.82) is 0 Å². The number of para-hydroxylation sites is 1. The summed E-state index contributed by atoms with van der Waals surface area (Å²) in [4.78, 5) is 14.3. The summed E-state index contributed by atoms with van der Waals surface area (Å²) < 4.78 is 0. The Bertz CT molecular complexity index is 595. The summed E-state index contributed by atoms with van der Waals surface area (Å²) in [7, 11) is 0. The van der Waals surface area contributed by atoms with Crippen molar-refractivity contribution >= 4 is 11.6 Å². The molecule has 3 nitrogen and oxygen atoms in total. The van der Waals surface area contributed by atoms with Gasteiger partial charge in [-0.2, -0.15) is 0 Å². The fraction of sp³-hybridized carbons (Fsp3) is 0.235. The van der Waals surface area contributed by atoms with E-state index < -0.39 is 0 Å². The molecule has 0 unspecified atom stereocenters. The van der Waals surface area contributed by atoms with Gasteiger partial charge in [0.15, 0.2) is 0 Å². The van der Waals surface area contributed by atoms with E-state index >= 15 is 0 Å². The summed E-state index contributed by atoms with van der Waals surface area (Å²) in [6, 6.07) is 17.8. The molecule has 0 saturated heterocycles. The van der Waals surface area contributed by atoms with Crippen LogP contribution in [0, 0.1) is 0 Å². The molecule has 2 aromatic carbocycles. The average molecular weight is 266 g/mol. The highest BCUT2D eigenvalue weighted by Crippen LogP contribution is 2.26. The fourth-order valence-electron chi connectivity index (χ4n) is 2.63. The van der Waals surface area contributed by atoms with Crippen LogP contribution in [-0.4, -0.2) is 25.5 Å².